The number of carbonyl (C=O) groups excluding carboxylic acids is 1. The highest BCUT2D eigenvalue weighted by molar-refractivity contribution is 7.13. The molecule has 0 saturated carbocycles. The van der Waals surface area contributed by atoms with E-state index >= 15 is 0 Å². The first-order valence-corrected chi connectivity index (χ1v) is 8.58. The molecular weight excluding hydrogens is 313 g/mol. The maximum Gasteiger partial charge on any atom is 0.239 e. The summed E-state index contributed by atoms with van der Waals surface area (Å²) in [4.78, 5) is 20.6. The van der Waals surface area contributed by atoms with Gasteiger partial charge in [-0.15, -0.1) is 11.3 Å². The van der Waals surface area contributed by atoms with Crippen LogP contribution in [-0.4, -0.2) is 47.4 Å². The largest absolute Gasteiger partial charge is 0.347 e. The number of amides is 1. The lowest BCUT2D eigenvalue weighted by Crippen LogP contribution is -2.42. The maximum atomic E-state index is 13.9. The lowest BCUT2D eigenvalue weighted by Gasteiger charge is -2.25. The van der Waals surface area contributed by atoms with E-state index in [1.54, 1.807) is 31.1 Å². The number of rotatable bonds is 4. The highest BCUT2D eigenvalue weighted by Gasteiger charge is 2.32. The summed E-state index contributed by atoms with van der Waals surface area (Å²) in [7, 11) is 3.58. The highest BCUT2D eigenvalue weighted by atomic mass is 32.1. The van der Waals surface area contributed by atoms with E-state index in [-0.39, 0.29) is 17.8 Å². The number of thiazole rings is 1. The number of nitrogens with zero attached hydrogens (tertiary/aromatic N) is 3. The molecule has 4 nitrogen and oxygen atoms in total. The summed E-state index contributed by atoms with van der Waals surface area (Å²) in [6.45, 7) is 1.53. The maximum absolute atomic E-state index is 13.9. The predicted octanol–water partition coefficient (Wildman–Crippen LogP) is 3.00. The Balaban J connectivity index is 1.74. The molecule has 1 aliphatic heterocycles. The van der Waals surface area contributed by atoms with Crippen LogP contribution in [-0.2, 0) is 11.3 Å². The van der Waals surface area contributed by atoms with Gasteiger partial charge in [-0.25, -0.2) is 9.37 Å². The fourth-order valence-corrected chi connectivity index (χ4v) is 3.78. The van der Waals surface area contributed by atoms with Crippen molar-refractivity contribution in [3.05, 3.63) is 41.2 Å². The van der Waals surface area contributed by atoms with Gasteiger partial charge in [0.05, 0.1) is 11.7 Å². The van der Waals surface area contributed by atoms with Crippen molar-refractivity contribution in [2.75, 3.05) is 20.6 Å². The van der Waals surface area contributed by atoms with Crippen molar-refractivity contribution in [1.82, 2.24) is 14.8 Å². The average Bonchev–Trinajstić information content (AvgIpc) is 3.17. The van der Waals surface area contributed by atoms with E-state index in [0.717, 1.165) is 25.1 Å². The predicted molar refractivity (Wildman–Crippen MR) is 89.6 cm³/mol. The molecule has 1 aromatic carbocycles. The minimum absolute atomic E-state index is 0.0661. The van der Waals surface area contributed by atoms with E-state index in [0.29, 0.717) is 17.1 Å². The number of hydrogen-bond donors (Lipinski definition) is 0. The smallest absolute Gasteiger partial charge is 0.239 e. The Morgan fingerprint density at radius 3 is 2.96 bits per heavy atom. The molecule has 1 amide bonds. The molecule has 2 aromatic rings. The van der Waals surface area contributed by atoms with Gasteiger partial charge in [-0.2, -0.15) is 0 Å². The Kier molecular flexibility index (Phi) is 4.73. The highest BCUT2D eigenvalue weighted by Crippen LogP contribution is 2.28. The monoisotopic (exact) mass is 333 g/mol. The van der Waals surface area contributed by atoms with E-state index in [1.807, 2.05) is 11.4 Å². The van der Waals surface area contributed by atoms with Crippen LogP contribution in [0.1, 0.15) is 18.5 Å². The van der Waals surface area contributed by atoms with Gasteiger partial charge in [-0.3, -0.25) is 9.69 Å². The van der Waals surface area contributed by atoms with Gasteiger partial charge in [0, 0.05) is 31.6 Å². The van der Waals surface area contributed by atoms with Gasteiger partial charge in [0.2, 0.25) is 5.91 Å². The molecule has 23 heavy (non-hydrogen) atoms. The molecule has 1 aromatic heterocycles. The molecular formula is C17H20FN3OS. The summed E-state index contributed by atoms with van der Waals surface area (Å²) in [5.41, 5.74) is 1.43. The lowest BCUT2D eigenvalue weighted by atomic mass is 10.2. The van der Waals surface area contributed by atoms with E-state index < -0.39 is 0 Å². The van der Waals surface area contributed by atoms with Gasteiger partial charge in [0.15, 0.2) is 0 Å². The lowest BCUT2D eigenvalue weighted by molar-refractivity contribution is -0.133. The van der Waals surface area contributed by atoms with Crippen molar-refractivity contribution < 1.29 is 9.18 Å². The summed E-state index contributed by atoms with van der Waals surface area (Å²) in [5.74, 6) is -0.109. The van der Waals surface area contributed by atoms with Gasteiger partial charge >= 0.3 is 0 Å². The van der Waals surface area contributed by atoms with Gasteiger partial charge in [-0.05, 0) is 31.5 Å². The number of hydrogen-bond acceptors (Lipinski definition) is 4. The van der Waals surface area contributed by atoms with E-state index in [1.165, 1.54) is 17.4 Å². The number of halogens is 1. The quantitative estimate of drug-likeness (QED) is 0.863. The summed E-state index contributed by atoms with van der Waals surface area (Å²) >= 11 is 1.44. The van der Waals surface area contributed by atoms with Gasteiger partial charge in [0.1, 0.15) is 10.8 Å². The van der Waals surface area contributed by atoms with Crippen LogP contribution >= 0.6 is 11.3 Å². The van der Waals surface area contributed by atoms with E-state index in [9.17, 15) is 9.18 Å². The van der Waals surface area contributed by atoms with Crippen LogP contribution in [0.4, 0.5) is 4.39 Å². The molecule has 1 atom stereocenters. The normalized spacial score (nSPS) is 18.3. The van der Waals surface area contributed by atoms with Crippen molar-refractivity contribution in [2.45, 2.75) is 25.4 Å². The van der Waals surface area contributed by atoms with Crippen LogP contribution in [0.15, 0.2) is 29.6 Å². The average molecular weight is 333 g/mol. The van der Waals surface area contributed by atoms with Crippen LogP contribution in [0.2, 0.25) is 0 Å². The second-order valence-corrected chi connectivity index (χ2v) is 6.84. The second-order valence-electron chi connectivity index (χ2n) is 5.99. The molecule has 0 spiro atoms. The number of likely N-dealkylation sites (N-methyl/N-ethyl adjacent to an activating group) is 1. The molecule has 0 unspecified atom stereocenters. The number of benzene rings is 1. The summed E-state index contributed by atoms with van der Waals surface area (Å²) < 4.78 is 13.9. The molecule has 0 bridgehead atoms. The molecule has 1 aliphatic rings. The van der Waals surface area contributed by atoms with Crippen molar-refractivity contribution in [2.24, 2.45) is 0 Å². The van der Waals surface area contributed by atoms with Crippen LogP contribution in [0.25, 0.3) is 10.6 Å². The first-order valence-electron chi connectivity index (χ1n) is 7.71. The molecule has 1 saturated heterocycles. The molecule has 0 N–H and O–H groups in total. The zero-order valence-electron chi connectivity index (χ0n) is 13.3. The summed E-state index contributed by atoms with van der Waals surface area (Å²) in [6, 6.07) is 6.61. The first-order chi connectivity index (χ1) is 11.1. The number of likely N-dealkylation sites (tertiary alicyclic amines) is 1. The second kappa shape index (κ2) is 6.76. The molecule has 0 aliphatic carbocycles. The Hall–Kier alpha value is -1.79. The fourth-order valence-electron chi connectivity index (χ4n) is 2.94. The van der Waals surface area contributed by atoms with Crippen molar-refractivity contribution in [1.29, 1.82) is 0 Å². The molecule has 2 heterocycles. The third kappa shape index (κ3) is 3.43. The van der Waals surface area contributed by atoms with Gasteiger partial charge < -0.3 is 4.90 Å². The van der Waals surface area contributed by atoms with Crippen LogP contribution in [0.5, 0.6) is 0 Å². The van der Waals surface area contributed by atoms with Gasteiger partial charge in [-0.1, -0.05) is 12.1 Å². The number of aromatic nitrogens is 1. The van der Waals surface area contributed by atoms with Gasteiger partial charge in [0.25, 0.3) is 0 Å². The van der Waals surface area contributed by atoms with E-state index in [4.69, 9.17) is 0 Å². The zero-order chi connectivity index (χ0) is 16.4. The minimum Gasteiger partial charge on any atom is -0.347 e. The molecule has 122 valence electrons. The Morgan fingerprint density at radius 2 is 2.22 bits per heavy atom. The van der Waals surface area contributed by atoms with Crippen molar-refractivity contribution in [3.63, 3.8) is 0 Å². The molecule has 6 heteroatoms. The zero-order valence-corrected chi connectivity index (χ0v) is 14.1. The minimum atomic E-state index is -0.254. The van der Waals surface area contributed by atoms with Crippen LogP contribution < -0.4 is 0 Å². The molecule has 3 rings (SSSR count). The number of carbonyl (C=O) groups is 1. The first kappa shape index (κ1) is 16.1. The van der Waals surface area contributed by atoms with Crippen molar-refractivity contribution >= 4 is 17.2 Å². The van der Waals surface area contributed by atoms with E-state index in [2.05, 4.69) is 9.88 Å². The standard InChI is InChI=1S/C17H20FN3OS/c1-20(2)17(22)15-8-5-9-21(15)10-12-11-23-16(19-12)13-6-3-4-7-14(13)18/h3-4,6-7,11,15H,5,8-10H2,1-2H3/t15-/m1/s1. The summed E-state index contributed by atoms with van der Waals surface area (Å²) in [5, 5.41) is 2.64. The summed E-state index contributed by atoms with van der Waals surface area (Å²) in [6.07, 6.45) is 1.91. The SMILES string of the molecule is CN(C)C(=O)[C@H]1CCCN1Cc1csc(-c2ccccc2F)n1. The Morgan fingerprint density at radius 1 is 1.43 bits per heavy atom. The Bertz CT molecular complexity index is 701. The third-order valence-corrected chi connectivity index (χ3v) is 5.03. The topological polar surface area (TPSA) is 36.4 Å². The van der Waals surface area contributed by atoms with Crippen LogP contribution in [0.3, 0.4) is 0 Å². The molecule has 0 radical (unpaired) electrons. The fraction of sp³-hybridized carbons (Fsp3) is 0.412. The Labute approximate surface area is 139 Å². The van der Waals surface area contributed by atoms with Crippen molar-refractivity contribution in [3.8, 4) is 10.6 Å². The molecule has 1 fully saturated rings. The third-order valence-electron chi connectivity index (χ3n) is 4.11. The van der Waals surface area contributed by atoms with Crippen LogP contribution in [0, 0.1) is 5.82 Å².